The Balaban J connectivity index is 2.34. The van der Waals surface area contributed by atoms with Gasteiger partial charge in [0.1, 0.15) is 0 Å². The second kappa shape index (κ2) is 5.62. The third kappa shape index (κ3) is 3.00. The molecule has 21 heavy (non-hydrogen) atoms. The molecule has 3 N–H and O–H groups in total. The fourth-order valence-electron chi connectivity index (χ4n) is 1.93. The van der Waals surface area contributed by atoms with Crippen LogP contribution < -0.4 is 11.1 Å². The number of nitrogens with one attached hydrogen (secondary N) is 1. The molecule has 0 spiro atoms. The van der Waals surface area contributed by atoms with E-state index in [1.165, 1.54) is 18.2 Å². The lowest BCUT2D eigenvalue weighted by Gasteiger charge is -2.11. The summed E-state index contributed by atoms with van der Waals surface area (Å²) in [4.78, 5) is 22.5. The Labute approximate surface area is 121 Å². The smallest absolute Gasteiger partial charge is 0.270 e. The number of nitrogens with zero attached hydrogens (tertiary/aromatic N) is 1. The molecular formula is C15H15N3O3. The van der Waals surface area contributed by atoms with Crippen LogP contribution in [-0.4, -0.2) is 10.8 Å². The SMILES string of the molecule is Cc1cccc(NC(=O)c2cc([N+](=O)[O-])ccc2N)c1C. The van der Waals surface area contributed by atoms with Gasteiger partial charge in [-0.3, -0.25) is 14.9 Å². The van der Waals surface area contributed by atoms with Gasteiger partial charge in [-0.1, -0.05) is 12.1 Å². The zero-order chi connectivity index (χ0) is 15.6. The lowest BCUT2D eigenvalue weighted by molar-refractivity contribution is -0.384. The van der Waals surface area contributed by atoms with Gasteiger partial charge in [0.2, 0.25) is 0 Å². The number of carbonyl (C=O) groups is 1. The highest BCUT2D eigenvalue weighted by atomic mass is 16.6. The summed E-state index contributed by atoms with van der Waals surface area (Å²) in [6.45, 7) is 3.83. The lowest BCUT2D eigenvalue weighted by Crippen LogP contribution is -2.15. The summed E-state index contributed by atoms with van der Waals surface area (Å²) in [5, 5.41) is 13.5. The number of aryl methyl sites for hydroxylation is 1. The standard InChI is InChI=1S/C15H15N3O3/c1-9-4-3-5-14(10(9)2)17-15(19)12-8-11(18(20)21)6-7-13(12)16/h3-8H,16H2,1-2H3,(H,17,19). The maximum absolute atomic E-state index is 12.3. The summed E-state index contributed by atoms with van der Waals surface area (Å²) in [6, 6.07) is 9.34. The van der Waals surface area contributed by atoms with Crippen LogP contribution in [0.15, 0.2) is 36.4 Å². The molecule has 0 aromatic heterocycles. The van der Waals surface area contributed by atoms with Gasteiger partial charge >= 0.3 is 0 Å². The Morgan fingerprint density at radius 3 is 2.62 bits per heavy atom. The highest BCUT2D eigenvalue weighted by Crippen LogP contribution is 2.23. The van der Waals surface area contributed by atoms with Gasteiger partial charge < -0.3 is 11.1 Å². The Morgan fingerprint density at radius 2 is 1.95 bits per heavy atom. The second-order valence-corrected chi connectivity index (χ2v) is 4.73. The Kier molecular flexibility index (Phi) is 3.89. The molecule has 0 saturated heterocycles. The van der Waals surface area contributed by atoms with Crippen molar-refractivity contribution in [3.63, 3.8) is 0 Å². The topological polar surface area (TPSA) is 98.3 Å². The molecule has 6 heteroatoms. The van der Waals surface area contributed by atoms with Crippen molar-refractivity contribution in [2.75, 3.05) is 11.1 Å². The predicted octanol–water partition coefficient (Wildman–Crippen LogP) is 3.05. The number of carbonyl (C=O) groups excluding carboxylic acids is 1. The molecule has 0 radical (unpaired) electrons. The maximum Gasteiger partial charge on any atom is 0.270 e. The molecular weight excluding hydrogens is 270 g/mol. The van der Waals surface area contributed by atoms with E-state index in [1.54, 1.807) is 6.07 Å². The average Bonchev–Trinajstić information content (AvgIpc) is 2.44. The van der Waals surface area contributed by atoms with Crippen LogP contribution >= 0.6 is 0 Å². The zero-order valence-corrected chi connectivity index (χ0v) is 11.7. The van der Waals surface area contributed by atoms with Crippen LogP contribution in [0.5, 0.6) is 0 Å². The van der Waals surface area contributed by atoms with Gasteiger partial charge in [0.05, 0.1) is 10.5 Å². The van der Waals surface area contributed by atoms with Gasteiger partial charge in [-0.05, 0) is 37.1 Å². The van der Waals surface area contributed by atoms with Gasteiger partial charge in [-0.2, -0.15) is 0 Å². The number of hydrogen-bond acceptors (Lipinski definition) is 4. The fraction of sp³-hybridized carbons (Fsp3) is 0.133. The summed E-state index contributed by atoms with van der Waals surface area (Å²) >= 11 is 0. The molecule has 2 aromatic carbocycles. The molecule has 0 bridgehead atoms. The first-order chi connectivity index (χ1) is 9.90. The van der Waals surface area contributed by atoms with E-state index in [9.17, 15) is 14.9 Å². The number of amides is 1. The number of benzene rings is 2. The fourth-order valence-corrected chi connectivity index (χ4v) is 1.93. The Morgan fingerprint density at radius 1 is 1.24 bits per heavy atom. The molecule has 2 aromatic rings. The van der Waals surface area contributed by atoms with Crippen molar-refractivity contribution in [2.24, 2.45) is 0 Å². The molecule has 0 saturated carbocycles. The summed E-state index contributed by atoms with van der Waals surface area (Å²) in [5.41, 5.74) is 8.48. The third-order valence-corrected chi connectivity index (χ3v) is 3.35. The zero-order valence-electron chi connectivity index (χ0n) is 11.7. The van der Waals surface area contributed by atoms with Gasteiger partial charge in [0.25, 0.3) is 11.6 Å². The van der Waals surface area contributed by atoms with Crippen molar-refractivity contribution in [1.82, 2.24) is 0 Å². The molecule has 108 valence electrons. The van der Waals surface area contributed by atoms with E-state index in [0.29, 0.717) is 5.69 Å². The number of rotatable bonds is 3. The van der Waals surface area contributed by atoms with Crippen molar-refractivity contribution in [3.8, 4) is 0 Å². The van der Waals surface area contributed by atoms with Crippen LogP contribution in [0.2, 0.25) is 0 Å². The van der Waals surface area contributed by atoms with E-state index in [0.717, 1.165) is 11.1 Å². The van der Waals surface area contributed by atoms with Crippen LogP contribution in [0.4, 0.5) is 17.1 Å². The number of nitrogens with two attached hydrogens (primary N) is 1. The highest BCUT2D eigenvalue weighted by molar-refractivity contribution is 6.08. The molecule has 2 rings (SSSR count). The second-order valence-electron chi connectivity index (χ2n) is 4.73. The Bertz CT molecular complexity index is 726. The lowest BCUT2D eigenvalue weighted by atomic mass is 10.1. The van der Waals surface area contributed by atoms with Gasteiger partial charge in [0.15, 0.2) is 0 Å². The van der Waals surface area contributed by atoms with Crippen LogP contribution in [-0.2, 0) is 0 Å². The number of hydrogen-bond donors (Lipinski definition) is 2. The number of nitro groups is 1. The van der Waals surface area contributed by atoms with Crippen LogP contribution in [0.3, 0.4) is 0 Å². The van der Waals surface area contributed by atoms with E-state index < -0.39 is 10.8 Å². The van der Waals surface area contributed by atoms with Crippen molar-refractivity contribution in [2.45, 2.75) is 13.8 Å². The van der Waals surface area contributed by atoms with Crippen LogP contribution in [0.1, 0.15) is 21.5 Å². The maximum atomic E-state index is 12.3. The van der Waals surface area contributed by atoms with Gasteiger partial charge in [0, 0.05) is 23.5 Å². The molecule has 0 fully saturated rings. The van der Waals surface area contributed by atoms with Crippen molar-refractivity contribution < 1.29 is 9.72 Å². The van der Waals surface area contributed by atoms with Crippen molar-refractivity contribution in [1.29, 1.82) is 0 Å². The molecule has 0 unspecified atom stereocenters. The summed E-state index contributed by atoms with van der Waals surface area (Å²) < 4.78 is 0. The van der Waals surface area contributed by atoms with Gasteiger partial charge in [-0.25, -0.2) is 0 Å². The van der Waals surface area contributed by atoms with Crippen LogP contribution in [0, 0.1) is 24.0 Å². The minimum absolute atomic E-state index is 0.0881. The minimum atomic E-state index is -0.561. The summed E-state index contributed by atoms with van der Waals surface area (Å²) in [5.74, 6) is -0.468. The first kappa shape index (κ1) is 14.5. The number of nitro benzene ring substituents is 1. The largest absolute Gasteiger partial charge is 0.398 e. The van der Waals surface area contributed by atoms with E-state index >= 15 is 0 Å². The van der Waals surface area contributed by atoms with E-state index in [1.807, 2.05) is 26.0 Å². The molecule has 1 amide bonds. The van der Waals surface area contributed by atoms with E-state index in [-0.39, 0.29) is 16.9 Å². The summed E-state index contributed by atoms with van der Waals surface area (Å²) in [7, 11) is 0. The van der Waals surface area contributed by atoms with E-state index in [2.05, 4.69) is 5.32 Å². The molecule has 0 atom stereocenters. The normalized spacial score (nSPS) is 10.2. The first-order valence-electron chi connectivity index (χ1n) is 6.31. The number of nitrogen functional groups attached to an aromatic ring is 1. The monoisotopic (exact) mass is 285 g/mol. The first-order valence-corrected chi connectivity index (χ1v) is 6.31. The van der Waals surface area contributed by atoms with Crippen molar-refractivity contribution in [3.05, 3.63) is 63.2 Å². The van der Waals surface area contributed by atoms with Crippen molar-refractivity contribution >= 4 is 23.0 Å². The molecule has 0 aliphatic heterocycles. The van der Waals surface area contributed by atoms with Gasteiger partial charge in [-0.15, -0.1) is 0 Å². The number of anilines is 2. The average molecular weight is 285 g/mol. The summed E-state index contributed by atoms with van der Waals surface area (Å²) in [6.07, 6.45) is 0. The molecule has 0 heterocycles. The molecule has 0 aliphatic rings. The quantitative estimate of drug-likeness (QED) is 0.514. The van der Waals surface area contributed by atoms with E-state index in [4.69, 9.17) is 5.73 Å². The third-order valence-electron chi connectivity index (χ3n) is 3.35. The molecule has 0 aliphatic carbocycles. The number of non-ortho nitro benzene ring substituents is 1. The molecule has 6 nitrogen and oxygen atoms in total. The van der Waals surface area contributed by atoms with Crippen LogP contribution in [0.25, 0.3) is 0 Å². The Hall–Kier alpha value is -2.89. The predicted molar refractivity (Wildman–Crippen MR) is 81.4 cm³/mol. The highest BCUT2D eigenvalue weighted by Gasteiger charge is 2.16. The minimum Gasteiger partial charge on any atom is -0.398 e.